The molecule has 3 N–H and O–H groups in total. The van der Waals surface area contributed by atoms with Crippen molar-refractivity contribution in [2.75, 3.05) is 0 Å². The average molecular weight is 342 g/mol. The summed E-state index contributed by atoms with van der Waals surface area (Å²) < 4.78 is 0.952. The van der Waals surface area contributed by atoms with E-state index in [1.165, 1.54) is 6.08 Å². The van der Waals surface area contributed by atoms with E-state index in [0.29, 0.717) is 5.56 Å². The van der Waals surface area contributed by atoms with Crippen LogP contribution in [-0.2, 0) is 6.54 Å². The molecule has 2 rings (SSSR count). The monoisotopic (exact) mass is 342 g/mol. The van der Waals surface area contributed by atoms with Crippen molar-refractivity contribution in [3.63, 3.8) is 0 Å². The second kappa shape index (κ2) is 7.91. The third-order valence-corrected chi connectivity index (χ3v) is 3.44. The number of nitrogens with one attached hydrogen (secondary N) is 2. The van der Waals surface area contributed by atoms with Gasteiger partial charge in [0, 0.05) is 12.1 Å². The molecule has 1 aromatic heterocycles. The van der Waals surface area contributed by atoms with Crippen molar-refractivity contribution in [1.82, 2.24) is 15.0 Å². The van der Waals surface area contributed by atoms with E-state index in [4.69, 9.17) is 0 Å². The minimum atomic E-state index is -0.780. The van der Waals surface area contributed by atoms with Gasteiger partial charge in [-0.25, -0.2) is 10.2 Å². The fraction of sp³-hybridized carbons (Fsp3) is 0.176. The number of amides is 1. The Morgan fingerprint density at radius 1 is 1.36 bits per heavy atom. The van der Waals surface area contributed by atoms with Gasteiger partial charge in [-0.2, -0.15) is 5.10 Å². The first-order valence-electron chi connectivity index (χ1n) is 7.58. The Hall–Kier alpha value is -3.42. The summed E-state index contributed by atoms with van der Waals surface area (Å²) in [7, 11) is 0. The van der Waals surface area contributed by atoms with Crippen LogP contribution >= 0.6 is 0 Å². The third-order valence-electron chi connectivity index (χ3n) is 3.44. The van der Waals surface area contributed by atoms with Gasteiger partial charge in [0.2, 0.25) is 5.88 Å². The number of carbonyl (C=O) groups is 1. The summed E-state index contributed by atoms with van der Waals surface area (Å²) in [6.45, 7) is 5.22. The first-order chi connectivity index (χ1) is 12.0. The fourth-order valence-corrected chi connectivity index (χ4v) is 2.20. The summed E-state index contributed by atoms with van der Waals surface area (Å²) in [5.74, 6) is -0.981. The molecule has 0 aliphatic rings. The molecule has 130 valence electrons. The van der Waals surface area contributed by atoms with E-state index in [9.17, 15) is 19.5 Å². The maximum Gasteiger partial charge on any atom is 0.331 e. The quantitative estimate of drug-likeness (QED) is 0.412. The van der Waals surface area contributed by atoms with Gasteiger partial charge in [0.1, 0.15) is 5.56 Å². The number of H-pyrrole nitrogens is 1. The minimum Gasteiger partial charge on any atom is -0.494 e. The molecule has 0 aliphatic carbocycles. The number of carbonyl (C=O) groups excluding carboxylic acids is 1. The molecule has 0 radical (unpaired) electrons. The number of aromatic hydroxyl groups is 1. The number of aromatic nitrogens is 2. The molecule has 0 aliphatic heterocycles. The Morgan fingerprint density at radius 2 is 2.04 bits per heavy atom. The van der Waals surface area contributed by atoms with Crippen LogP contribution in [0.5, 0.6) is 5.88 Å². The van der Waals surface area contributed by atoms with Gasteiger partial charge in [0.15, 0.2) is 0 Å². The summed E-state index contributed by atoms with van der Waals surface area (Å²) in [6, 6.07) is 8.43. The molecule has 8 nitrogen and oxygen atoms in total. The van der Waals surface area contributed by atoms with Crippen molar-refractivity contribution >= 4 is 11.6 Å². The van der Waals surface area contributed by atoms with Crippen molar-refractivity contribution in [3.8, 4) is 5.88 Å². The predicted molar refractivity (Wildman–Crippen MR) is 93.9 cm³/mol. The molecule has 0 bridgehead atoms. The van der Waals surface area contributed by atoms with Crippen LogP contribution in [0.4, 0.5) is 0 Å². The Labute approximate surface area is 143 Å². The molecular formula is C17H18N4O4. The number of hydrogen-bond donors (Lipinski definition) is 3. The highest BCUT2D eigenvalue weighted by Gasteiger charge is 2.18. The summed E-state index contributed by atoms with van der Waals surface area (Å²) in [5.41, 5.74) is 1.18. The van der Waals surface area contributed by atoms with Gasteiger partial charge in [-0.15, -0.1) is 6.58 Å². The maximum atomic E-state index is 12.1. The van der Waals surface area contributed by atoms with E-state index in [2.05, 4.69) is 22.1 Å². The molecule has 1 aromatic carbocycles. The van der Waals surface area contributed by atoms with Crippen LogP contribution in [0.15, 0.2) is 57.7 Å². The molecule has 0 saturated carbocycles. The second-order valence-electron chi connectivity index (χ2n) is 5.08. The van der Waals surface area contributed by atoms with Crippen molar-refractivity contribution in [3.05, 3.63) is 75.0 Å². The lowest BCUT2D eigenvalue weighted by molar-refractivity contribution is 0.0954. The number of nitrogens with zero attached hydrogens (tertiary/aromatic N) is 2. The number of benzene rings is 1. The number of aromatic amines is 1. The van der Waals surface area contributed by atoms with Gasteiger partial charge in [0.25, 0.3) is 11.5 Å². The van der Waals surface area contributed by atoms with Gasteiger partial charge in [-0.05, 0) is 18.6 Å². The van der Waals surface area contributed by atoms with Crippen molar-refractivity contribution in [2.45, 2.75) is 19.9 Å². The first-order valence-corrected chi connectivity index (χ1v) is 7.58. The standard InChI is InChI=1S/C17H18N4O4/c1-3-10-21-16(24)13(15(23)18-17(21)25)12(4-2)19-20-14(22)11-8-6-5-7-9-11/h3,5-9,24H,1,4,10H2,2H3,(H,20,22)(H,18,23,25)/b19-12+. The van der Waals surface area contributed by atoms with E-state index < -0.39 is 23.0 Å². The Morgan fingerprint density at radius 3 is 2.64 bits per heavy atom. The number of hydrazone groups is 1. The average Bonchev–Trinajstić information content (AvgIpc) is 2.61. The van der Waals surface area contributed by atoms with Crippen molar-refractivity contribution < 1.29 is 9.90 Å². The van der Waals surface area contributed by atoms with Crippen LogP contribution in [0.2, 0.25) is 0 Å². The molecule has 2 aromatic rings. The van der Waals surface area contributed by atoms with Gasteiger partial charge in [-0.3, -0.25) is 19.1 Å². The first kappa shape index (κ1) is 17.9. The van der Waals surface area contributed by atoms with E-state index in [1.54, 1.807) is 37.3 Å². The van der Waals surface area contributed by atoms with E-state index >= 15 is 0 Å². The van der Waals surface area contributed by atoms with Gasteiger partial charge in [-0.1, -0.05) is 31.2 Å². The Bertz CT molecular complexity index is 926. The largest absolute Gasteiger partial charge is 0.494 e. The van der Waals surface area contributed by atoms with E-state index in [-0.39, 0.29) is 24.2 Å². The van der Waals surface area contributed by atoms with Crippen LogP contribution in [0.25, 0.3) is 0 Å². The zero-order chi connectivity index (χ0) is 18.4. The summed E-state index contributed by atoms with van der Waals surface area (Å²) in [6.07, 6.45) is 1.65. The lowest BCUT2D eigenvalue weighted by Crippen LogP contribution is -2.34. The van der Waals surface area contributed by atoms with Crippen molar-refractivity contribution in [2.24, 2.45) is 5.10 Å². The molecule has 25 heavy (non-hydrogen) atoms. The highest BCUT2D eigenvalue weighted by atomic mass is 16.3. The fourth-order valence-electron chi connectivity index (χ4n) is 2.20. The summed E-state index contributed by atoms with van der Waals surface area (Å²) in [4.78, 5) is 38.0. The molecule has 0 atom stereocenters. The molecule has 0 saturated heterocycles. The smallest absolute Gasteiger partial charge is 0.331 e. The molecule has 8 heteroatoms. The summed E-state index contributed by atoms with van der Waals surface area (Å²) >= 11 is 0. The predicted octanol–water partition coefficient (Wildman–Crippen LogP) is 0.972. The maximum absolute atomic E-state index is 12.1. The molecule has 0 fully saturated rings. The highest BCUT2D eigenvalue weighted by Crippen LogP contribution is 2.13. The topological polar surface area (TPSA) is 117 Å². The van der Waals surface area contributed by atoms with Crippen LogP contribution < -0.4 is 16.7 Å². The Kier molecular flexibility index (Phi) is 5.67. The zero-order valence-corrected chi connectivity index (χ0v) is 13.7. The van der Waals surface area contributed by atoms with E-state index in [0.717, 1.165) is 4.57 Å². The number of rotatable bonds is 6. The highest BCUT2D eigenvalue weighted by molar-refractivity contribution is 6.03. The van der Waals surface area contributed by atoms with Crippen LogP contribution in [0.3, 0.4) is 0 Å². The third kappa shape index (κ3) is 3.92. The second-order valence-corrected chi connectivity index (χ2v) is 5.08. The van der Waals surface area contributed by atoms with E-state index in [1.807, 2.05) is 0 Å². The lowest BCUT2D eigenvalue weighted by atomic mass is 10.1. The normalized spacial score (nSPS) is 11.2. The zero-order valence-electron chi connectivity index (χ0n) is 13.7. The summed E-state index contributed by atoms with van der Waals surface area (Å²) in [5, 5.41) is 14.2. The van der Waals surface area contributed by atoms with Crippen LogP contribution in [0.1, 0.15) is 29.3 Å². The molecule has 1 amide bonds. The lowest BCUT2D eigenvalue weighted by Gasteiger charge is -2.10. The number of hydrogen-bond acceptors (Lipinski definition) is 5. The molecular weight excluding hydrogens is 324 g/mol. The molecule has 1 heterocycles. The van der Waals surface area contributed by atoms with Crippen LogP contribution in [-0.4, -0.2) is 26.3 Å². The Balaban J connectivity index is 2.42. The SMILES string of the molecule is C=CCn1c(O)c(/C(CC)=N/NC(=O)c2ccccc2)c(=O)[nH]c1=O. The minimum absolute atomic E-state index is 0.0157. The molecule has 0 spiro atoms. The van der Waals surface area contributed by atoms with Crippen molar-refractivity contribution in [1.29, 1.82) is 0 Å². The van der Waals surface area contributed by atoms with Gasteiger partial charge < -0.3 is 5.11 Å². The van der Waals surface area contributed by atoms with Gasteiger partial charge >= 0.3 is 5.69 Å². The van der Waals surface area contributed by atoms with Crippen LogP contribution in [0, 0.1) is 0 Å². The number of allylic oxidation sites excluding steroid dienone is 1. The van der Waals surface area contributed by atoms with Gasteiger partial charge in [0.05, 0.1) is 5.71 Å². The molecule has 0 unspecified atom stereocenters.